The molecule has 3 aromatic rings. The van der Waals surface area contributed by atoms with E-state index in [4.69, 9.17) is 4.42 Å². The summed E-state index contributed by atoms with van der Waals surface area (Å²) in [5, 5.41) is 7.88. The molecule has 6 heteroatoms. The molecule has 2 aromatic carbocycles. The van der Waals surface area contributed by atoms with Crippen molar-refractivity contribution in [3.05, 3.63) is 65.0 Å². The van der Waals surface area contributed by atoms with Crippen molar-refractivity contribution in [2.45, 2.75) is 31.2 Å². The van der Waals surface area contributed by atoms with E-state index in [0.29, 0.717) is 22.2 Å². The molecule has 1 aromatic heterocycles. The molecule has 0 fully saturated rings. The number of benzene rings is 2. The maximum absolute atomic E-state index is 13.0. The van der Waals surface area contributed by atoms with Crippen LogP contribution < -0.4 is 0 Å². The number of Topliss-reactive ketones (excluding diaryl/α,β-unsaturated/α-hetero) is 1. The van der Waals surface area contributed by atoms with E-state index in [1.54, 1.807) is 12.1 Å². The lowest BCUT2D eigenvalue weighted by Gasteiger charge is -2.10. The summed E-state index contributed by atoms with van der Waals surface area (Å²) in [7, 11) is 0. The summed E-state index contributed by atoms with van der Waals surface area (Å²) in [5.41, 5.74) is 3.33. The number of hydrogen-bond donors (Lipinski definition) is 0. The fraction of sp³-hybridized carbons (Fsp3) is 0.211. The molecular weight excluding hydrogens is 339 g/mol. The Labute approximate surface area is 149 Å². The van der Waals surface area contributed by atoms with Crippen molar-refractivity contribution in [2.24, 2.45) is 0 Å². The van der Waals surface area contributed by atoms with E-state index in [0.717, 1.165) is 11.1 Å². The molecule has 0 saturated carbocycles. The first kappa shape index (κ1) is 17.4. The smallest absolute Gasteiger partial charge is 0.277 e. The lowest BCUT2D eigenvalue weighted by Crippen LogP contribution is -2.15. The van der Waals surface area contributed by atoms with Crippen molar-refractivity contribution in [3.8, 4) is 11.5 Å². The molecule has 1 heterocycles. The van der Waals surface area contributed by atoms with E-state index in [1.807, 2.05) is 39.0 Å². The molecule has 4 nitrogen and oxygen atoms in total. The van der Waals surface area contributed by atoms with Gasteiger partial charge in [0, 0.05) is 11.1 Å². The Kier molecular flexibility index (Phi) is 4.99. The van der Waals surface area contributed by atoms with E-state index < -0.39 is 0 Å². The highest BCUT2D eigenvalue weighted by atomic mass is 32.2. The third-order valence-corrected chi connectivity index (χ3v) is 4.74. The molecule has 128 valence electrons. The topological polar surface area (TPSA) is 56.0 Å². The third kappa shape index (κ3) is 3.96. The molecule has 0 radical (unpaired) electrons. The van der Waals surface area contributed by atoms with Crippen LogP contribution in [0, 0.1) is 19.7 Å². The lowest BCUT2D eigenvalue weighted by atomic mass is 10.0. The Morgan fingerprint density at radius 2 is 1.84 bits per heavy atom. The van der Waals surface area contributed by atoms with Crippen LogP contribution in [-0.4, -0.2) is 21.2 Å². The van der Waals surface area contributed by atoms with E-state index >= 15 is 0 Å². The van der Waals surface area contributed by atoms with Crippen LogP contribution in [0.15, 0.2) is 52.1 Å². The van der Waals surface area contributed by atoms with Gasteiger partial charge in [-0.1, -0.05) is 29.5 Å². The maximum atomic E-state index is 13.0. The highest BCUT2D eigenvalue weighted by Crippen LogP contribution is 2.28. The SMILES string of the molecule is Cc1ccc(C)c(C(=O)[C@@H](C)Sc2nnc(-c3ccc(F)cc3)o2)c1. The second-order valence-corrected chi connectivity index (χ2v) is 7.11. The molecule has 0 saturated heterocycles. The summed E-state index contributed by atoms with van der Waals surface area (Å²) in [5.74, 6) is -0.00720. The number of nitrogens with zero attached hydrogens (tertiary/aromatic N) is 2. The summed E-state index contributed by atoms with van der Waals surface area (Å²) in [6.45, 7) is 5.70. The minimum absolute atomic E-state index is 0.0210. The average molecular weight is 356 g/mol. The Morgan fingerprint density at radius 1 is 1.12 bits per heavy atom. The zero-order chi connectivity index (χ0) is 18.0. The number of halogens is 1. The quantitative estimate of drug-likeness (QED) is 0.483. The van der Waals surface area contributed by atoms with Crippen molar-refractivity contribution < 1.29 is 13.6 Å². The standard InChI is InChI=1S/C19H17FN2O2S/c1-11-4-5-12(2)16(10-11)17(23)13(3)25-19-22-21-18(24-19)14-6-8-15(20)9-7-14/h4-10,13H,1-3H3/t13-/m1/s1. The molecule has 25 heavy (non-hydrogen) atoms. The van der Waals surface area contributed by atoms with Gasteiger partial charge in [0.2, 0.25) is 5.89 Å². The second-order valence-electron chi connectivity index (χ2n) is 5.82. The number of rotatable bonds is 5. The first-order valence-corrected chi connectivity index (χ1v) is 8.69. The Hall–Kier alpha value is -2.47. The Bertz CT molecular complexity index is 906. The van der Waals surface area contributed by atoms with Gasteiger partial charge >= 0.3 is 0 Å². The van der Waals surface area contributed by atoms with Gasteiger partial charge in [0.25, 0.3) is 5.22 Å². The number of hydrogen-bond acceptors (Lipinski definition) is 5. The fourth-order valence-electron chi connectivity index (χ4n) is 2.39. The molecular formula is C19H17FN2O2S. The number of thioether (sulfide) groups is 1. The lowest BCUT2D eigenvalue weighted by molar-refractivity contribution is 0.0993. The predicted molar refractivity (Wildman–Crippen MR) is 95.3 cm³/mol. The second kappa shape index (κ2) is 7.19. The van der Waals surface area contributed by atoms with Gasteiger partial charge in [0.15, 0.2) is 5.78 Å². The van der Waals surface area contributed by atoms with Crippen LogP contribution in [0.2, 0.25) is 0 Å². The van der Waals surface area contributed by atoms with Gasteiger partial charge in [-0.05, 0) is 56.7 Å². The maximum Gasteiger partial charge on any atom is 0.277 e. The zero-order valence-electron chi connectivity index (χ0n) is 14.1. The van der Waals surface area contributed by atoms with Crippen molar-refractivity contribution in [2.75, 3.05) is 0 Å². The van der Waals surface area contributed by atoms with Crippen LogP contribution in [0.5, 0.6) is 0 Å². The predicted octanol–water partition coefficient (Wildman–Crippen LogP) is 4.86. The highest BCUT2D eigenvalue weighted by molar-refractivity contribution is 8.00. The van der Waals surface area contributed by atoms with Crippen molar-refractivity contribution >= 4 is 17.5 Å². The monoisotopic (exact) mass is 356 g/mol. The number of ketones is 1. The van der Waals surface area contributed by atoms with Crippen molar-refractivity contribution in [3.63, 3.8) is 0 Å². The first-order chi connectivity index (χ1) is 11.9. The summed E-state index contributed by atoms with van der Waals surface area (Å²) in [6, 6.07) is 11.6. The fourth-order valence-corrected chi connectivity index (χ4v) is 3.14. The van der Waals surface area contributed by atoms with Crippen LogP contribution in [0.4, 0.5) is 4.39 Å². The summed E-state index contributed by atoms with van der Waals surface area (Å²) < 4.78 is 18.6. The normalized spacial score (nSPS) is 12.2. The van der Waals surface area contributed by atoms with Crippen LogP contribution in [0.25, 0.3) is 11.5 Å². The van der Waals surface area contributed by atoms with Gasteiger partial charge in [-0.25, -0.2) is 4.39 Å². The largest absolute Gasteiger partial charge is 0.411 e. The molecule has 0 amide bonds. The van der Waals surface area contributed by atoms with Gasteiger partial charge in [-0.2, -0.15) is 0 Å². The minimum Gasteiger partial charge on any atom is -0.411 e. The molecule has 0 bridgehead atoms. The highest BCUT2D eigenvalue weighted by Gasteiger charge is 2.21. The summed E-state index contributed by atoms with van der Waals surface area (Å²) in [6.07, 6.45) is 0. The van der Waals surface area contributed by atoms with E-state index in [9.17, 15) is 9.18 Å². The minimum atomic E-state index is -0.359. The van der Waals surface area contributed by atoms with Gasteiger partial charge in [0.1, 0.15) is 5.82 Å². The summed E-state index contributed by atoms with van der Waals surface area (Å²) >= 11 is 1.22. The van der Waals surface area contributed by atoms with Crippen molar-refractivity contribution in [1.29, 1.82) is 0 Å². The molecule has 0 aliphatic carbocycles. The van der Waals surface area contributed by atoms with Gasteiger partial charge in [0.05, 0.1) is 5.25 Å². The number of aryl methyl sites for hydroxylation is 2. The number of carbonyl (C=O) groups is 1. The van der Waals surface area contributed by atoms with Crippen LogP contribution in [0.1, 0.15) is 28.4 Å². The molecule has 0 spiro atoms. The van der Waals surface area contributed by atoms with Gasteiger partial charge < -0.3 is 4.42 Å². The first-order valence-electron chi connectivity index (χ1n) is 7.81. The van der Waals surface area contributed by atoms with Crippen LogP contribution in [0.3, 0.4) is 0 Å². The molecule has 0 N–H and O–H groups in total. The van der Waals surface area contributed by atoms with E-state index in [2.05, 4.69) is 10.2 Å². The number of aromatic nitrogens is 2. The third-order valence-electron chi connectivity index (χ3n) is 3.80. The number of carbonyl (C=O) groups excluding carboxylic acids is 1. The molecule has 3 rings (SSSR count). The molecule has 0 aliphatic rings. The Balaban J connectivity index is 1.75. The zero-order valence-corrected chi connectivity index (χ0v) is 14.9. The molecule has 0 aliphatic heterocycles. The average Bonchev–Trinajstić information content (AvgIpc) is 3.05. The molecule has 1 atom stereocenters. The van der Waals surface area contributed by atoms with Crippen molar-refractivity contribution in [1.82, 2.24) is 10.2 Å². The Morgan fingerprint density at radius 3 is 2.56 bits per heavy atom. The van der Waals surface area contributed by atoms with Gasteiger partial charge in [-0.3, -0.25) is 4.79 Å². The van der Waals surface area contributed by atoms with Crippen LogP contribution >= 0.6 is 11.8 Å². The van der Waals surface area contributed by atoms with Crippen LogP contribution in [-0.2, 0) is 0 Å². The van der Waals surface area contributed by atoms with Gasteiger partial charge in [-0.15, -0.1) is 10.2 Å². The van der Waals surface area contributed by atoms with E-state index in [-0.39, 0.29) is 16.9 Å². The van der Waals surface area contributed by atoms with E-state index in [1.165, 1.54) is 23.9 Å². The summed E-state index contributed by atoms with van der Waals surface area (Å²) in [4.78, 5) is 12.7. The molecule has 0 unspecified atom stereocenters.